The Labute approximate surface area is 137 Å². The number of hydrogen-bond donors (Lipinski definition) is 1. The Kier molecular flexibility index (Phi) is 4.82. The van der Waals surface area contributed by atoms with Crippen LogP contribution >= 0.6 is 0 Å². The molecule has 1 aliphatic rings. The van der Waals surface area contributed by atoms with Crippen LogP contribution < -0.4 is 5.32 Å². The second-order valence-corrected chi connectivity index (χ2v) is 6.38. The second-order valence-electron chi connectivity index (χ2n) is 6.38. The number of benzene rings is 1. The average Bonchev–Trinajstić information content (AvgIpc) is 2.94. The van der Waals surface area contributed by atoms with Crippen LogP contribution in [0.25, 0.3) is 11.3 Å². The van der Waals surface area contributed by atoms with Crippen molar-refractivity contribution in [1.29, 1.82) is 0 Å². The van der Waals surface area contributed by atoms with Crippen LogP contribution in [0.15, 0.2) is 40.8 Å². The fourth-order valence-electron chi connectivity index (χ4n) is 3.23. The number of carbonyl (C=O) groups is 1. The monoisotopic (exact) mass is 312 g/mol. The van der Waals surface area contributed by atoms with Gasteiger partial charge < -0.3 is 9.73 Å². The molecule has 122 valence electrons. The molecule has 1 fully saturated rings. The lowest BCUT2D eigenvalue weighted by molar-refractivity contribution is -0.120. The van der Waals surface area contributed by atoms with E-state index in [9.17, 15) is 4.79 Å². The summed E-state index contributed by atoms with van der Waals surface area (Å²) in [6.45, 7) is 6.50. The van der Waals surface area contributed by atoms with Gasteiger partial charge in [-0.05, 0) is 44.0 Å². The number of carbonyl (C=O) groups excluding carboxylic acids is 1. The van der Waals surface area contributed by atoms with Crippen molar-refractivity contribution in [2.45, 2.75) is 39.3 Å². The average molecular weight is 312 g/mol. The molecule has 1 saturated heterocycles. The summed E-state index contributed by atoms with van der Waals surface area (Å²) >= 11 is 0. The van der Waals surface area contributed by atoms with Gasteiger partial charge in [0.05, 0.1) is 0 Å². The maximum atomic E-state index is 11.2. The van der Waals surface area contributed by atoms with Gasteiger partial charge in [-0.3, -0.25) is 9.69 Å². The highest BCUT2D eigenvalue weighted by atomic mass is 16.3. The first-order valence-electron chi connectivity index (χ1n) is 8.25. The van der Waals surface area contributed by atoms with E-state index in [0.29, 0.717) is 0 Å². The third kappa shape index (κ3) is 4.23. The van der Waals surface area contributed by atoms with E-state index in [-0.39, 0.29) is 11.9 Å². The SMILES string of the molecule is CC(=O)N[C@@H]1CCCN(Cc2ccc(-c3ccc(C)o3)cc2)C1. The third-order valence-electron chi connectivity index (χ3n) is 4.30. The van der Waals surface area contributed by atoms with E-state index in [4.69, 9.17) is 4.42 Å². The number of aryl methyl sites for hydroxylation is 1. The summed E-state index contributed by atoms with van der Waals surface area (Å²) in [4.78, 5) is 13.6. The zero-order chi connectivity index (χ0) is 16.2. The Morgan fingerprint density at radius 2 is 2.04 bits per heavy atom. The quantitative estimate of drug-likeness (QED) is 0.941. The molecule has 0 saturated carbocycles. The largest absolute Gasteiger partial charge is 0.461 e. The van der Waals surface area contributed by atoms with E-state index in [1.54, 1.807) is 6.92 Å². The molecule has 4 heteroatoms. The Balaban J connectivity index is 1.60. The molecule has 3 rings (SSSR count). The Hall–Kier alpha value is -2.07. The van der Waals surface area contributed by atoms with Crippen molar-refractivity contribution < 1.29 is 9.21 Å². The van der Waals surface area contributed by atoms with E-state index >= 15 is 0 Å². The van der Waals surface area contributed by atoms with Crippen molar-refractivity contribution in [3.63, 3.8) is 0 Å². The fraction of sp³-hybridized carbons (Fsp3) is 0.421. The minimum absolute atomic E-state index is 0.0648. The lowest BCUT2D eigenvalue weighted by atomic mass is 10.0. The summed E-state index contributed by atoms with van der Waals surface area (Å²) in [5.41, 5.74) is 2.40. The number of amides is 1. The summed E-state index contributed by atoms with van der Waals surface area (Å²) in [6, 6.07) is 12.8. The van der Waals surface area contributed by atoms with Gasteiger partial charge in [-0.25, -0.2) is 0 Å². The van der Waals surface area contributed by atoms with Gasteiger partial charge >= 0.3 is 0 Å². The van der Waals surface area contributed by atoms with Gasteiger partial charge in [-0.1, -0.05) is 24.3 Å². The van der Waals surface area contributed by atoms with Crippen LogP contribution in [0.3, 0.4) is 0 Å². The van der Waals surface area contributed by atoms with Crippen molar-refractivity contribution in [2.75, 3.05) is 13.1 Å². The van der Waals surface area contributed by atoms with Crippen LogP contribution in [0.1, 0.15) is 31.1 Å². The molecule has 0 radical (unpaired) electrons. The topological polar surface area (TPSA) is 45.5 Å². The summed E-state index contributed by atoms with van der Waals surface area (Å²) in [7, 11) is 0. The number of hydrogen-bond acceptors (Lipinski definition) is 3. The van der Waals surface area contributed by atoms with Crippen LogP contribution in [-0.4, -0.2) is 29.9 Å². The molecule has 0 bridgehead atoms. The molecule has 1 N–H and O–H groups in total. The van der Waals surface area contributed by atoms with Crippen LogP contribution in [0, 0.1) is 6.92 Å². The number of likely N-dealkylation sites (tertiary alicyclic amines) is 1. The standard InChI is InChI=1S/C19H24N2O2/c1-14-5-10-19(23-14)17-8-6-16(7-9-17)12-21-11-3-4-18(13-21)20-15(2)22/h5-10,18H,3-4,11-13H2,1-2H3,(H,20,22)/t18-/m1/s1. The highest BCUT2D eigenvalue weighted by molar-refractivity contribution is 5.73. The molecule has 23 heavy (non-hydrogen) atoms. The van der Waals surface area contributed by atoms with Crippen molar-refractivity contribution in [3.05, 3.63) is 47.7 Å². The summed E-state index contributed by atoms with van der Waals surface area (Å²) in [5, 5.41) is 3.04. The highest BCUT2D eigenvalue weighted by Crippen LogP contribution is 2.23. The summed E-state index contributed by atoms with van der Waals surface area (Å²) in [5.74, 6) is 1.91. The van der Waals surface area contributed by atoms with E-state index in [1.807, 2.05) is 19.1 Å². The van der Waals surface area contributed by atoms with Crippen LogP contribution in [0.4, 0.5) is 0 Å². The molecule has 1 amide bonds. The first-order valence-corrected chi connectivity index (χ1v) is 8.25. The predicted molar refractivity (Wildman–Crippen MR) is 91.0 cm³/mol. The zero-order valence-electron chi connectivity index (χ0n) is 13.8. The molecule has 0 spiro atoms. The van der Waals surface area contributed by atoms with E-state index in [0.717, 1.165) is 49.6 Å². The Morgan fingerprint density at radius 3 is 2.70 bits per heavy atom. The maximum absolute atomic E-state index is 11.2. The molecule has 1 aromatic heterocycles. The van der Waals surface area contributed by atoms with Crippen molar-refractivity contribution >= 4 is 5.91 Å². The van der Waals surface area contributed by atoms with E-state index in [1.165, 1.54) is 5.56 Å². The molecule has 2 aromatic rings. The van der Waals surface area contributed by atoms with Gasteiger partial charge in [-0.2, -0.15) is 0 Å². The molecule has 1 aliphatic heterocycles. The highest BCUT2D eigenvalue weighted by Gasteiger charge is 2.20. The number of piperidine rings is 1. The first kappa shape index (κ1) is 15.8. The molecule has 2 heterocycles. The summed E-state index contributed by atoms with van der Waals surface area (Å²) in [6.07, 6.45) is 2.21. The fourth-order valence-corrected chi connectivity index (χ4v) is 3.23. The minimum Gasteiger partial charge on any atom is -0.461 e. The molecule has 0 aliphatic carbocycles. The van der Waals surface area contributed by atoms with Gasteiger partial charge in [0.15, 0.2) is 0 Å². The maximum Gasteiger partial charge on any atom is 0.217 e. The van der Waals surface area contributed by atoms with Crippen LogP contribution in [0.5, 0.6) is 0 Å². The smallest absolute Gasteiger partial charge is 0.217 e. The van der Waals surface area contributed by atoms with Gasteiger partial charge in [-0.15, -0.1) is 0 Å². The lowest BCUT2D eigenvalue weighted by Gasteiger charge is -2.33. The number of nitrogens with one attached hydrogen (secondary N) is 1. The van der Waals surface area contributed by atoms with E-state index < -0.39 is 0 Å². The van der Waals surface area contributed by atoms with Gasteiger partial charge in [0.2, 0.25) is 5.91 Å². The van der Waals surface area contributed by atoms with Gasteiger partial charge in [0, 0.05) is 31.6 Å². The molecule has 0 unspecified atom stereocenters. The van der Waals surface area contributed by atoms with Gasteiger partial charge in [0.1, 0.15) is 11.5 Å². The first-order chi connectivity index (χ1) is 11.1. The zero-order valence-corrected chi connectivity index (χ0v) is 13.8. The molecular formula is C19H24N2O2. The van der Waals surface area contributed by atoms with Crippen molar-refractivity contribution in [3.8, 4) is 11.3 Å². The minimum atomic E-state index is 0.0648. The molecule has 1 aromatic carbocycles. The molecule has 1 atom stereocenters. The van der Waals surface area contributed by atoms with Crippen molar-refractivity contribution in [2.24, 2.45) is 0 Å². The normalized spacial score (nSPS) is 18.8. The predicted octanol–water partition coefficient (Wildman–Crippen LogP) is 3.36. The van der Waals surface area contributed by atoms with E-state index in [2.05, 4.69) is 34.5 Å². The van der Waals surface area contributed by atoms with Crippen molar-refractivity contribution in [1.82, 2.24) is 10.2 Å². The number of rotatable bonds is 4. The van der Waals surface area contributed by atoms with Crippen LogP contribution in [-0.2, 0) is 11.3 Å². The molecule has 4 nitrogen and oxygen atoms in total. The van der Waals surface area contributed by atoms with Gasteiger partial charge in [0.25, 0.3) is 0 Å². The number of nitrogens with zero attached hydrogens (tertiary/aromatic N) is 1. The summed E-state index contributed by atoms with van der Waals surface area (Å²) < 4.78 is 5.66. The van der Waals surface area contributed by atoms with Crippen LogP contribution in [0.2, 0.25) is 0 Å². The Bertz CT molecular complexity index is 660. The lowest BCUT2D eigenvalue weighted by Crippen LogP contribution is -2.46. The Morgan fingerprint density at radius 1 is 1.26 bits per heavy atom. The third-order valence-corrected chi connectivity index (χ3v) is 4.30. The molecular weight excluding hydrogens is 288 g/mol. The second kappa shape index (κ2) is 7.01. The number of furan rings is 1.